The molecule has 1 N–H and O–H groups in total. The minimum atomic E-state index is 0.602. The Kier molecular flexibility index (Phi) is 3.59. The van der Waals surface area contributed by atoms with Crippen LogP contribution in [0, 0.1) is 3.70 Å². The highest BCUT2D eigenvalue weighted by molar-refractivity contribution is 14.1. The number of rotatable bonds is 2. The van der Waals surface area contributed by atoms with E-state index in [0.717, 1.165) is 5.95 Å². The Labute approximate surface area is 102 Å². The van der Waals surface area contributed by atoms with Gasteiger partial charge in [0.2, 0.25) is 5.95 Å². The third-order valence-corrected chi connectivity index (χ3v) is 4.64. The van der Waals surface area contributed by atoms with Gasteiger partial charge in [0, 0.05) is 18.8 Å². The summed E-state index contributed by atoms with van der Waals surface area (Å²) in [5.74, 6) is 3.53. The predicted molar refractivity (Wildman–Crippen MR) is 69.9 cm³/mol. The Bertz CT molecular complexity index is 307. The fourth-order valence-electron chi connectivity index (χ4n) is 1.56. The van der Waals surface area contributed by atoms with Crippen molar-refractivity contribution in [2.45, 2.75) is 18.9 Å². The van der Waals surface area contributed by atoms with E-state index in [2.05, 4.69) is 37.5 Å². The first-order valence-electron chi connectivity index (χ1n) is 4.79. The number of hydrogen-bond acceptors (Lipinski definition) is 3. The van der Waals surface area contributed by atoms with Crippen molar-refractivity contribution in [1.29, 1.82) is 0 Å². The SMILES string of the molecule is Cn1c(I)cnc1NC1CCCSC1. The van der Waals surface area contributed by atoms with Crippen LogP contribution in [-0.4, -0.2) is 27.1 Å². The van der Waals surface area contributed by atoms with E-state index in [1.807, 2.05) is 25.0 Å². The van der Waals surface area contributed by atoms with Gasteiger partial charge in [0.25, 0.3) is 0 Å². The second kappa shape index (κ2) is 4.74. The highest BCUT2D eigenvalue weighted by Crippen LogP contribution is 2.20. The van der Waals surface area contributed by atoms with Crippen LogP contribution >= 0.6 is 34.4 Å². The Morgan fingerprint density at radius 2 is 2.57 bits per heavy atom. The number of thioether (sulfide) groups is 1. The van der Waals surface area contributed by atoms with E-state index >= 15 is 0 Å². The van der Waals surface area contributed by atoms with Crippen molar-refractivity contribution in [3.05, 3.63) is 9.90 Å². The number of anilines is 1. The van der Waals surface area contributed by atoms with Crippen molar-refractivity contribution in [3.8, 4) is 0 Å². The third-order valence-electron chi connectivity index (χ3n) is 2.43. The maximum absolute atomic E-state index is 4.34. The summed E-state index contributed by atoms with van der Waals surface area (Å²) in [4.78, 5) is 4.34. The summed E-state index contributed by atoms with van der Waals surface area (Å²) < 4.78 is 3.27. The number of hydrogen-bond donors (Lipinski definition) is 1. The Morgan fingerprint density at radius 3 is 3.14 bits per heavy atom. The molecular formula is C9H14IN3S. The molecule has 1 atom stereocenters. The first-order valence-corrected chi connectivity index (χ1v) is 7.02. The summed E-state index contributed by atoms with van der Waals surface area (Å²) in [6.07, 6.45) is 4.50. The summed E-state index contributed by atoms with van der Waals surface area (Å²) in [5.41, 5.74) is 0. The Hall–Kier alpha value is 0.0900. The van der Waals surface area contributed by atoms with E-state index in [-0.39, 0.29) is 0 Å². The monoisotopic (exact) mass is 323 g/mol. The molecule has 1 aromatic heterocycles. The van der Waals surface area contributed by atoms with E-state index in [1.54, 1.807) is 0 Å². The molecule has 3 nitrogen and oxygen atoms in total. The summed E-state index contributed by atoms with van der Waals surface area (Å²) in [5, 5.41) is 3.50. The number of nitrogens with one attached hydrogen (secondary N) is 1. The van der Waals surface area contributed by atoms with Crippen LogP contribution in [0.2, 0.25) is 0 Å². The van der Waals surface area contributed by atoms with Crippen LogP contribution in [0.3, 0.4) is 0 Å². The van der Waals surface area contributed by atoms with Gasteiger partial charge in [0.15, 0.2) is 0 Å². The van der Waals surface area contributed by atoms with Crippen LogP contribution < -0.4 is 5.32 Å². The molecule has 0 spiro atoms. The van der Waals surface area contributed by atoms with Crippen molar-refractivity contribution in [3.63, 3.8) is 0 Å². The molecule has 1 aliphatic rings. The van der Waals surface area contributed by atoms with Crippen LogP contribution in [0.1, 0.15) is 12.8 Å². The molecule has 78 valence electrons. The van der Waals surface area contributed by atoms with Crippen molar-refractivity contribution in [2.24, 2.45) is 7.05 Å². The van der Waals surface area contributed by atoms with Gasteiger partial charge in [0.05, 0.1) is 6.20 Å². The lowest BCUT2D eigenvalue weighted by Crippen LogP contribution is -2.27. The first kappa shape index (κ1) is 10.6. The first-order chi connectivity index (χ1) is 6.77. The number of aromatic nitrogens is 2. The van der Waals surface area contributed by atoms with E-state index in [0.29, 0.717) is 6.04 Å². The fraction of sp³-hybridized carbons (Fsp3) is 0.667. The minimum Gasteiger partial charge on any atom is -0.352 e. The zero-order chi connectivity index (χ0) is 9.97. The van der Waals surface area contributed by atoms with Gasteiger partial charge in [-0.15, -0.1) is 0 Å². The lowest BCUT2D eigenvalue weighted by atomic mass is 10.2. The van der Waals surface area contributed by atoms with Crippen LogP contribution in [0.25, 0.3) is 0 Å². The molecule has 1 fully saturated rings. The average Bonchev–Trinajstić information content (AvgIpc) is 2.52. The van der Waals surface area contributed by atoms with Crippen LogP contribution in [0.4, 0.5) is 5.95 Å². The molecule has 1 unspecified atom stereocenters. The van der Waals surface area contributed by atoms with Crippen molar-refractivity contribution in [2.75, 3.05) is 16.8 Å². The molecule has 0 aromatic carbocycles. The van der Waals surface area contributed by atoms with Gasteiger partial charge in [-0.2, -0.15) is 11.8 Å². The largest absolute Gasteiger partial charge is 0.352 e. The molecule has 0 aliphatic carbocycles. The van der Waals surface area contributed by atoms with Gasteiger partial charge in [-0.05, 0) is 41.2 Å². The molecule has 1 aromatic rings. The molecule has 2 heterocycles. The van der Waals surface area contributed by atoms with Crippen molar-refractivity contribution < 1.29 is 0 Å². The summed E-state index contributed by atoms with van der Waals surface area (Å²) in [7, 11) is 2.05. The fourth-order valence-corrected chi connectivity index (χ4v) is 3.00. The quantitative estimate of drug-likeness (QED) is 0.847. The van der Waals surface area contributed by atoms with E-state index in [4.69, 9.17) is 0 Å². The summed E-state index contributed by atoms with van der Waals surface area (Å²) in [6.45, 7) is 0. The summed E-state index contributed by atoms with van der Waals surface area (Å²) >= 11 is 4.33. The molecule has 0 radical (unpaired) electrons. The molecule has 1 aliphatic heterocycles. The topological polar surface area (TPSA) is 29.9 Å². The molecule has 0 amide bonds. The van der Waals surface area contributed by atoms with E-state index < -0.39 is 0 Å². The van der Waals surface area contributed by atoms with Gasteiger partial charge in [0.1, 0.15) is 3.70 Å². The van der Waals surface area contributed by atoms with Gasteiger partial charge in [-0.1, -0.05) is 0 Å². The third kappa shape index (κ3) is 2.36. The van der Waals surface area contributed by atoms with Crippen molar-refractivity contribution >= 4 is 40.3 Å². The maximum Gasteiger partial charge on any atom is 0.203 e. The molecule has 0 saturated carbocycles. The molecular weight excluding hydrogens is 309 g/mol. The van der Waals surface area contributed by atoms with E-state index in [9.17, 15) is 0 Å². The van der Waals surface area contributed by atoms with Gasteiger partial charge in [-0.25, -0.2) is 4.98 Å². The van der Waals surface area contributed by atoms with Gasteiger partial charge < -0.3 is 9.88 Å². The van der Waals surface area contributed by atoms with E-state index in [1.165, 1.54) is 28.0 Å². The highest BCUT2D eigenvalue weighted by atomic mass is 127. The predicted octanol–water partition coefficient (Wildman–Crippen LogP) is 2.33. The Balaban J connectivity index is 1.99. The number of nitrogens with zero attached hydrogens (tertiary/aromatic N) is 2. The zero-order valence-corrected chi connectivity index (χ0v) is 11.1. The average molecular weight is 323 g/mol. The van der Waals surface area contributed by atoms with Gasteiger partial charge >= 0.3 is 0 Å². The van der Waals surface area contributed by atoms with Crippen molar-refractivity contribution in [1.82, 2.24) is 9.55 Å². The number of imidazole rings is 1. The highest BCUT2D eigenvalue weighted by Gasteiger charge is 2.15. The molecule has 5 heteroatoms. The van der Waals surface area contributed by atoms with Crippen LogP contribution in [-0.2, 0) is 7.05 Å². The zero-order valence-electron chi connectivity index (χ0n) is 8.16. The summed E-state index contributed by atoms with van der Waals surface area (Å²) in [6, 6.07) is 0.602. The standard InChI is InChI=1S/C9H14IN3S/c1-13-8(10)5-11-9(13)12-7-3-2-4-14-6-7/h5,7H,2-4,6H2,1H3,(H,11,12). The van der Waals surface area contributed by atoms with Gasteiger partial charge in [-0.3, -0.25) is 0 Å². The lowest BCUT2D eigenvalue weighted by Gasteiger charge is -2.22. The molecule has 14 heavy (non-hydrogen) atoms. The number of halogens is 1. The molecule has 0 bridgehead atoms. The second-order valence-corrected chi connectivity index (χ2v) is 5.78. The van der Waals surface area contributed by atoms with Crippen LogP contribution in [0.15, 0.2) is 6.20 Å². The molecule has 1 saturated heterocycles. The normalized spacial score (nSPS) is 22.3. The maximum atomic E-state index is 4.34. The smallest absolute Gasteiger partial charge is 0.203 e. The Morgan fingerprint density at radius 1 is 1.71 bits per heavy atom. The van der Waals surface area contributed by atoms with Crippen LogP contribution in [0.5, 0.6) is 0 Å². The minimum absolute atomic E-state index is 0.602. The molecule has 2 rings (SSSR count). The lowest BCUT2D eigenvalue weighted by molar-refractivity contribution is 0.672. The second-order valence-electron chi connectivity index (χ2n) is 3.52.